The smallest absolute Gasteiger partial charge is 0.351 e. The van der Waals surface area contributed by atoms with Gasteiger partial charge in [-0.05, 0) is 19.1 Å². The lowest BCUT2D eigenvalue weighted by atomic mass is 10.1. The fourth-order valence-electron chi connectivity index (χ4n) is 2.26. The van der Waals surface area contributed by atoms with Gasteiger partial charge in [0, 0.05) is 11.8 Å². The van der Waals surface area contributed by atoms with Gasteiger partial charge < -0.3 is 10.5 Å². The predicted octanol–water partition coefficient (Wildman–Crippen LogP) is 2.90. The van der Waals surface area contributed by atoms with Crippen molar-refractivity contribution in [1.82, 2.24) is 9.97 Å². The van der Waals surface area contributed by atoms with Crippen molar-refractivity contribution >= 4 is 23.2 Å². The molecule has 0 radical (unpaired) electrons. The van der Waals surface area contributed by atoms with Crippen LogP contribution in [0.25, 0.3) is 10.7 Å². The molecule has 1 atom stereocenters. The highest BCUT2D eigenvalue weighted by molar-refractivity contribution is 7.17. The summed E-state index contributed by atoms with van der Waals surface area (Å²) in [6.07, 6.45) is 0.510. The van der Waals surface area contributed by atoms with E-state index < -0.39 is 18.0 Å². The number of carbonyl (C=O) groups excluding carboxylic acids is 2. The maximum absolute atomic E-state index is 12.5. The van der Waals surface area contributed by atoms with Crippen LogP contribution in [-0.4, -0.2) is 21.8 Å². The SMILES string of the molecule is Cc1nc(-c2ccccn2)sc1C(=O)OC(C(N)=O)c1ccccc1. The number of rotatable bonds is 5. The molecule has 3 rings (SSSR count). The Morgan fingerprint density at radius 2 is 1.84 bits per heavy atom. The second kappa shape index (κ2) is 7.23. The van der Waals surface area contributed by atoms with E-state index in [-0.39, 0.29) is 0 Å². The second-order valence-corrected chi connectivity index (χ2v) is 6.25. The molecule has 1 unspecified atom stereocenters. The van der Waals surface area contributed by atoms with E-state index in [2.05, 4.69) is 9.97 Å². The van der Waals surface area contributed by atoms with Gasteiger partial charge in [-0.25, -0.2) is 9.78 Å². The Bertz CT molecular complexity index is 894. The Labute approximate surface area is 148 Å². The fraction of sp³-hybridized carbons (Fsp3) is 0.111. The molecule has 2 N–H and O–H groups in total. The number of aromatic nitrogens is 2. The molecule has 0 saturated carbocycles. The van der Waals surface area contributed by atoms with Crippen molar-refractivity contribution in [2.45, 2.75) is 13.0 Å². The van der Waals surface area contributed by atoms with Crippen LogP contribution < -0.4 is 5.73 Å². The number of primary amides is 1. The zero-order valence-electron chi connectivity index (χ0n) is 13.4. The molecule has 0 aliphatic carbocycles. The van der Waals surface area contributed by atoms with Crippen molar-refractivity contribution in [2.75, 3.05) is 0 Å². The Morgan fingerprint density at radius 3 is 2.48 bits per heavy atom. The molecule has 0 aliphatic heterocycles. The Balaban J connectivity index is 1.86. The minimum atomic E-state index is -1.14. The minimum Gasteiger partial charge on any atom is -0.443 e. The maximum atomic E-state index is 12.5. The third kappa shape index (κ3) is 3.72. The highest BCUT2D eigenvalue weighted by Gasteiger charge is 2.26. The lowest BCUT2D eigenvalue weighted by Gasteiger charge is -2.14. The number of benzene rings is 1. The fourth-order valence-corrected chi connectivity index (χ4v) is 3.19. The standard InChI is InChI=1S/C18H15N3O3S/c1-11-15(25-17(21-11)13-9-5-6-10-20-13)18(23)24-14(16(19)22)12-7-3-2-4-8-12/h2-10,14H,1H3,(H2,19,22). The van der Waals surface area contributed by atoms with E-state index >= 15 is 0 Å². The average molecular weight is 353 g/mol. The van der Waals surface area contributed by atoms with Gasteiger partial charge in [0.2, 0.25) is 6.10 Å². The van der Waals surface area contributed by atoms with Gasteiger partial charge in [0.05, 0.1) is 11.4 Å². The summed E-state index contributed by atoms with van der Waals surface area (Å²) in [5.41, 5.74) is 7.11. The molecular weight excluding hydrogens is 338 g/mol. The third-order valence-corrected chi connectivity index (χ3v) is 4.61. The lowest BCUT2D eigenvalue weighted by molar-refractivity contribution is -0.127. The molecule has 2 heterocycles. The number of esters is 1. The minimum absolute atomic E-state index is 0.322. The number of ether oxygens (including phenoxy) is 1. The molecule has 0 spiro atoms. The van der Waals surface area contributed by atoms with Crippen LogP contribution in [-0.2, 0) is 9.53 Å². The molecule has 126 valence electrons. The normalized spacial score (nSPS) is 11.7. The van der Waals surface area contributed by atoms with Crippen LogP contribution in [0, 0.1) is 6.92 Å². The molecule has 0 aliphatic rings. The first-order valence-corrected chi connectivity index (χ1v) is 8.32. The Kier molecular flexibility index (Phi) is 4.85. The van der Waals surface area contributed by atoms with Gasteiger partial charge in [-0.15, -0.1) is 11.3 Å². The number of hydrogen-bond acceptors (Lipinski definition) is 6. The van der Waals surface area contributed by atoms with E-state index in [1.54, 1.807) is 49.5 Å². The first kappa shape index (κ1) is 16.8. The number of carbonyl (C=O) groups is 2. The summed E-state index contributed by atoms with van der Waals surface area (Å²) < 4.78 is 5.35. The summed E-state index contributed by atoms with van der Waals surface area (Å²) in [5.74, 6) is -1.36. The van der Waals surface area contributed by atoms with Gasteiger partial charge in [-0.1, -0.05) is 36.4 Å². The zero-order valence-corrected chi connectivity index (χ0v) is 14.2. The number of thiazole rings is 1. The second-order valence-electron chi connectivity index (χ2n) is 5.25. The van der Waals surface area contributed by atoms with Crippen LogP contribution in [0.5, 0.6) is 0 Å². The summed E-state index contributed by atoms with van der Waals surface area (Å²) in [6.45, 7) is 1.71. The van der Waals surface area contributed by atoms with E-state index in [0.717, 1.165) is 0 Å². The van der Waals surface area contributed by atoms with Crippen LogP contribution in [0.15, 0.2) is 54.7 Å². The number of nitrogens with zero attached hydrogens (tertiary/aromatic N) is 2. The molecule has 0 fully saturated rings. The quantitative estimate of drug-likeness (QED) is 0.712. The highest BCUT2D eigenvalue weighted by Crippen LogP contribution is 2.28. The molecule has 25 heavy (non-hydrogen) atoms. The molecule has 3 aromatic rings. The molecule has 7 heteroatoms. The zero-order chi connectivity index (χ0) is 17.8. The number of amides is 1. The predicted molar refractivity (Wildman–Crippen MR) is 93.9 cm³/mol. The van der Waals surface area contributed by atoms with Crippen molar-refractivity contribution < 1.29 is 14.3 Å². The van der Waals surface area contributed by atoms with Crippen molar-refractivity contribution in [3.05, 3.63) is 70.9 Å². The number of hydrogen-bond donors (Lipinski definition) is 1. The highest BCUT2D eigenvalue weighted by atomic mass is 32.1. The summed E-state index contributed by atoms with van der Waals surface area (Å²) in [5, 5.41) is 0.611. The lowest BCUT2D eigenvalue weighted by Crippen LogP contribution is -2.26. The van der Waals surface area contributed by atoms with E-state index in [9.17, 15) is 9.59 Å². The molecule has 2 aromatic heterocycles. The van der Waals surface area contributed by atoms with Crippen LogP contribution in [0.4, 0.5) is 0 Å². The molecular formula is C18H15N3O3S. The summed E-state index contributed by atoms with van der Waals surface area (Å²) in [7, 11) is 0. The Morgan fingerprint density at radius 1 is 1.12 bits per heavy atom. The van der Waals surface area contributed by atoms with E-state index in [0.29, 0.717) is 26.8 Å². The third-order valence-electron chi connectivity index (χ3n) is 3.45. The van der Waals surface area contributed by atoms with Crippen LogP contribution in [0.2, 0.25) is 0 Å². The summed E-state index contributed by atoms with van der Waals surface area (Å²) >= 11 is 1.17. The largest absolute Gasteiger partial charge is 0.443 e. The first-order valence-electron chi connectivity index (χ1n) is 7.50. The summed E-state index contributed by atoms with van der Waals surface area (Å²) in [4.78, 5) is 33.1. The first-order chi connectivity index (χ1) is 12.1. The van der Waals surface area contributed by atoms with Gasteiger partial charge in [-0.3, -0.25) is 9.78 Å². The Hall–Kier alpha value is -3.06. The van der Waals surface area contributed by atoms with Crippen LogP contribution in [0.1, 0.15) is 27.0 Å². The van der Waals surface area contributed by atoms with Crippen LogP contribution >= 0.6 is 11.3 Å². The molecule has 0 saturated heterocycles. The molecule has 1 aromatic carbocycles. The topological polar surface area (TPSA) is 95.2 Å². The maximum Gasteiger partial charge on any atom is 0.351 e. The van der Waals surface area contributed by atoms with Gasteiger partial charge >= 0.3 is 5.97 Å². The van der Waals surface area contributed by atoms with E-state index in [1.165, 1.54) is 11.3 Å². The number of pyridine rings is 1. The number of aryl methyl sites for hydroxylation is 1. The van der Waals surface area contributed by atoms with E-state index in [4.69, 9.17) is 10.5 Å². The van der Waals surface area contributed by atoms with Gasteiger partial charge in [0.15, 0.2) is 0 Å². The van der Waals surface area contributed by atoms with Gasteiger partial charge in [0.1, 0.15) is 9.88 Å². The number of nitrogens with two attached hydrogens (primary N) is 1. The molecule has 0 bridgehead atoms. The summed E-state index contributed by atoms with van der Waals surface area (Å²) in [6, 6.07) is 14.1. The molecule has 1 amide bonds. The molecule has 6 nitrogen and oxygen atoms in total. The van der Waals surface area contributed by atoms with Crippen LogP contribution in [0.3, 0.4) is 0 Å². The van der Waals surface area contributed by atoms with Crippen molar-refractivity contribution in [1.29, 1.82) is 0 Å². The van der Waals surface area contributed by atoms with Crippen molar-refractivity contribution in [3.8, 4) is 10.7 Å². The van der Waals surface area contributed by atoms with Gasteiger partial charge in [-0.2, -0.15) is 0 Å². The van der Waals surface area contributed by atoms with Gasteiger partial charge in [0.25, 0.3) is 5.91 Å². The monoisotopic (exact) mass is 353 g/mol. The van der Waals surface area contributed by atoms with E-state index in [1.807, 2.05) is 12.1 Å². The van der Waals surface area contributed by atoms with Crippen molar-refractivity contribution in [3.63, 3.8) is 0 Å². The average Bonchev–Trinajstić information content (AvgIpc) is 3.02. The van der Waals surface area contributed by atoms with Crippen molar-refractivity contribution in [2.24, 2.45) is 5.73 Å².